The van der Waals surface area contributed by atoms with E-state index < -0.39 is 11.8 Å². The molecule has 0 unspecified atom stereocenters. The third kappa shape index (κ3) is 4.93. The molecule has 0 aliphatic carbocycles. The molecule has 2 rings (SSSR count). The van der Waals surface area contributed by atoms with E-state index in [9.17, 15) is 9.59 Å². The normalized spacial score (nSPS) is 10.6. The Bertz CT molecular complexity index is 755. The highest BCUT2D eigenvalue weighted by molar-refractivity contribution is 6.40. The van der Waals surface area contributed by atoms with Gasteiger partial charge < -0.3 is 5.32 Å². The molecule has 118 valence electrons. The van der Waals surface area contributed by atoms with Gasteiger partial charge in [0.1, 0.15) is 0 Å². The molecule has 2 N–H and O–H groups in total. The summed E-state index contributed by atoms with van der Waals surface area (Å²) < 4.78 is 0. The Labute approximate surface area is 139 Å². The molecule has 0 aliphatic rings. The quantitative estimate of drug-likeness (QED) is 0.516. The third-order valence-corrected chi connectivity index (χ3v) is 3.35. The number of anilines is 1. The molecule has 5 nitrogen and oxygen atoms in total. The van der Waals surface area contributed by atoms with Crippen LogP contribution >= 0.6 is 11.6 Å². The summed E-state index contributed by atoms with van der Waals surface area (Å²) in [5.74, 6) is -1.66. The van der Waals surface area contributed by atoms with Crippen molar-refractivity contribution in [2.75, 3.05) is 5.32 Å². The summed E-state index contributed by atoms with van der Waals surface area (Å²) in [6.07, 6.45) is 1.47. The van der Waals surface area contributed by atoms with Crippen LogP contribution in [0, 0.1) is 13.8 Å². The number of rotatable bonds is 3. The number of amides is 2. The molecular weight excluding hydrogens is 314 g/mol. The Hall–Kier alpha value is -2.66. The molecular formula is C17H16ClN3O2. The van der Waals surface area contributed by atoms with Crippen LogP contribution in [-0.4, -0.2) is 18.0 Å². The first-order valence-electron chi connectivity index (χ1n) is 6.93. The fourth-order valence-electron chi connectivity index (χ4n) is 1.78. The Kier molecular flexibility index (Phi) is 5.49. The van der Waals surface area contributed by atoms with E-state index in [0.717, 1.165) is 16.7 Å². The summed E-state index contributed by atoms with van der Waals surface area (Å²) in [5, 5.41) is 6.74. The Morgan fingerprint density at radius 1 is 1.04 bits per heavy atom. The maximum Gasteiger partial charge on any atom is 0.329 e. The number of aryl methyl sites for hydroxylation is 2. The summed E-state index contributed by atoms with van der Waals surface area (Å²) in [4.78, 5) is 23.5. The van der Waals surface area contributed by atoms with Crippen LogP contribution in [-0.2, 0) is 9.59 Å². The number of carbonyl (C=O) groups excluding carboxylic acids is 2. The van der Waals surface area contributed by atoms with Gasteiger partial charge in [0, 0.05) is 10.7 Å². The average molecular weight is 330 g/mol. The molecule has 0 heterocycles. The van der Waals surface area contributed by atoms with Gasteiger partial charge in [0.2, 0.25) is 0 Å². The Balaban J connectivity index is 1.93. The maximum atomic E-state index is 11.8. The van der Waals surface area contributed by atoms with Crippen LogP contribution in [0.4, 0.5) is 5.69 Å². The molecule has 0 aliphatic heterocycles. The molecule has 0 spiro atoms. The van der Waals surface area contributed by atoms with E-state index in [2.05, 4.69) is 15.8 Å². The van der Waals surface area contributed by atoms with Crippen molar-refractivity contribution in [3.8, 4) is 0 Å². The number of nitrogens with zero attached hydrogens (tertiary/aromatic N) is 1. The zero-order valence-corrected chi connectivity index (χ0v) is 13.5. The van der Waals surface area contributed by atoms with Crippen molar-refractivity contribution >= 4 is 35.3 Å². The average Bonchev–Trinajstić information content (AvgIpc) is 2.52. The Morgan fingerprint density at radius 2 is 1.74 bits per heavy atom. The molecule has 0 saturated heterocycles. The van der Waals surface area contributed by atoms with Crippen LogP contribution in [0.25, 0.3) is 0 Å². The second-order valence-electron chi connectivity index (χ2n) is 5.02. The van der Waals surface area contributed by atoms with Gasteiger partial charge in [0.05, 0.1) is 6.21 Å². The first-order chi connectivity index (χ1) is 11.0. The van der Waals surface area contributed by atoms with Crippen LogP contribution < -0.4 is 10.7 Å². The second kappa shape index (κ2) is 7.56. The van der Waals surface area contributed by atoms with Crippen molar-refractivity contribution in [1.82, 2.24) is 5.43 Å². The molecule has 0 bridgehead atoms. The molecule has 23 heavy (non-hydrogen) atoms. The standard InChI is InChI=1S/C17H16ClN3O2/c1-11-3-6-13(7-4-11)10-19-21-17(23)16(22)20-15-9-14(18)8-5-12(15)2/h3-10H,1-2H3,(H,20,22)(H,21,23)/b19-10+. The summed E-state index contributed by atoms with van der Waals surface area (Å²) in [6, 6.07) is 12.6. The number of carbonyl (C=O) groups is 2. The lowest BCUT2D eigenvalue weighted by Gasteiger charge is -2.07. The highest BCUT2D eigenvalue weighted by Crippen LogP contribution is 2.19. The van der Waals surface area contributed by atoms with Gasteiger partial charge in [-0.3, -0.25) is 9.59 Å². The Morgan fingerprint density at radius 3 is 2.43 bits per heavy atom. The first kappa shape index (κ1) is 16.7. The van der Waals surface area contributed by atoms with E-state index in [1.165, 1.54) is 6.21 Å². The van der Waals surface area contributed by atoms with Gasteiger partial charge in [-0.05, 0) is 37.1 Å². The van der Waals surface area contributed by atoms with Crippen LogP contribution in [0.3, 0.4) is 0 Å². The van der Waals surface area contributed by atoms with Crippen LogP contribution in [0.5, 0.6) is 0 Å². The van der Waals surface area contributed by atoms with Gasteiger partial charge in [-0.2, -0.15) is 5.10 Å². The van der Waals surface area contributed by atoms with Crippen LogP contribution in [0.2, 0.25) is 5.02 Å². The lowest BCUT2D eigenvalue weighted by Crippen LogP contribution is -2.32. The SMILES string of the molecule is Cc1ccc(/C=N/NC(=O)C(=O)Nc2cc(Cl)ccc2C)cc1. The molecule has 0 saturated carbocycles. The lowest BCUT2D eigenvalue weighted by molar-refractivity contribution is -0.136. The highest BCUT2D eigenvalue weighted by atomic mass is 35.5. The number of hydrogen-bond acceptors (Lipinski definition) is 3. The van der Waals surface area contributed by atoms with E-state index in [1.807, 2.05) is 31.2 Å². The summed E-state index contributed by atoms with van der Waals surface area (Å²) in [7, 11) is 0. The molecule has 0 aromatic heterocycles. The number of hydrazone groups is 1. The number of nitrogens with one attached hydrogen (secondary N) is 2. The van der Waals surface area contributed by atoms with Crippen molar-refractivity contribution in [1.29, 1.82) is 0 Å². The maximum absolute atomic E-state index is 11.8. The largest absolute Gasteiger partial charge is 0.329 e. The number of benzene rings is 2. The van der Waals surface area contributed by atoms with E-state index in [4.69, 9.17) is 11.6 Å². The van der Waals surface area contributed by atoms with Gasteiger partial charge in [-0.15, -0.1) is 0 Å². The lowest BCUT2D eigenvalue weighted by atomic mass is 10.2. The fourth-order valence-corrected chi connectivity index (χ4v) is 1.95. The first-order valence-corrected chi connectivity index (χ1v) is 7.31. The van der Waals surface area contributed by atoms with Crippen molar-refractivity contribution in [2.24, 2.45) is 5.10 Å². The van der Waals surface area contributed by atoms with Gasteiger partial charge in [0.25, 0.3) is 0 Å². The minimum absolute atomic E-state index is 0.476. The molecule has 2 aromatic rings. The number of halogens is 1. The zero-order valence-electron chi connectivity index (χ0n) is 12.8. The van der Waals surface area contributed by atoms with Gasteiger partial charge >= 0.3 is 11.8 Å². The van der Waals surface area contributed by atoms with Gasteiger partial charge in [-0.25, -0.2) is 5.43 Å². The van der Waals surface area contributed by atoms with Crippen LogP contribution in [0.15, 0.2) is 47.6 Å². The van der Waals surface area contributed by atoms with Crippen molar-refractivity contribution < 1.29 is 9.59 Å². The van der Waals surface area contributed by atoms with Crippen LogP contribution in [0.1, 0.15) is 16.7 Å². The van der Waals surface area contributed by atoms with E-state index in [0.29, 0.717) is 10.7 Å². The van der Waals surface area contributed by atoms with Crippen molar-refractivity contribution in [3.05, 3.63) is 64.2 Å². The third-order valence-electron chi connectivity index (χ3n) is 3.11. The van der Waals surface area contributed by atoms with Gasteiger partial charge in [-0.1, -0.05) is 47.5 Å². The molecule has 2 aromatic carbocycles. The number of hydrogen-bond donors (Lipinski definition) is 2. The molecule has 0 atom stereocenters. The summed E-state index contributed by atoms with van der Waals surface area (Å²) in [5.41, 5.74) is 5.42. The smallest absolute Gasteiger partial charge is 0.317 e. The molecule has 0 fully saturated rings. The second-order valence-corrected chi connectivity index (χ2v) is 5.46. The van der Waals surface area contributed by atoms with Crippen molar-refractivity contribution in [3.63, 3.8) is 0 Å². The highest BCUT2D eigenvalue weighted by Gasteiger charge is 2.14. The van der Waals surface area contributed by atoms with E-state index in [-0.39, 0.29) is 0 Å². The summed E-state index contributed by atoms with van der Waals surface area (Å²) >= 11 is 5.87. The molecule has 2 amide bonds. The summed E-state index contributed by atoms with van der Waals surface area (Å²) in [6.45, 7) is 3.78. The monoisotopic (exact) mass is 329 g/mol. The predicted molar refractivity (Wildman–Crippen MR) is 91.7 cm³/mol. The molecule has 6 heteroatoms. The van der Waals surface area contributed by atoms with Crippen molar-refractivity contribution in [2.45, 2.75) is 13.8 Å². The van der Waals surface area contributed by atoms with E-state index >= 15 is 0 Å². The topological polar surface area (TPSA) is 70.6 Å². The molecule has 0 radical (unpaired) electrons. The van der Waals surface area contributed by atoms with E-state index in [1.54, 1.807) is 25.1 Å². The minimum atomic E-state index is -0.854. The minimum Gasteiger partial charge on any atom is -0.317 e. The fraction of sp³-hybridized carbons (Fsp3) is 0.118. The zero-order chi connectivity index (χ0) is 16.8. The predicted octanol–water partition coefficient (Wildman–Crippen LogP) is 3.05. The van der Waals surface area contributed by atoms with Gasteiger partial charge in [0.15, 0.2) is 0 Å².